The number of hydrogen-bond acceptors (Lipinski definition) is 1. The van der Waals surface area contributed by atoms with E-state index in [1.807, 2.05) is 77.6 Å². The summed E-state index contributed by atoms with van der Waals surface area (Å²) in [6, 6.07) is 24.2. The quantitative estimate of drug-likeness (QED) is 0.571. The van der Waals surface area contributed by atoms with Gasteiger partial charge in [-0.2, -0.15) is 4.57 Å². The summed E-state index contributed by atoms with van der Waals surface area (Å²) < 4.78 is 1.90. The number of fused-ring (bicyclic) bond motifs is 2. The van der Waals surface area contributed by atoms with Gasteiger partial charge in [-0.05, 0) is 34.4 Å². The van der Waals surface area contributed by atoms with Gasteiger partial charge in [0.25, 0.3) is 5.91 Å². The van der Waals surface area contributed by atoms with Crippen molar-refractivity contribution in [3.05, 3.63) is 85.2 Å². The Labute approximate surface area is 140 Å². The molecule has 4 aromatic rings. The fraction of sp³-hybridized carbons (Fsp3) is 0.0476. The van der Waals surface area contributed by atoms with Crippen molar-refractivity contribution >= 4 is 33.1 Å². The summed E-state index contributed by atoms with van der Waals surface area (Å²) in [5.74, 6) is -0.0365. The van der Waals surface area contributed by atoms with Crippen LogP contribution in [0.4, 0.5) is 5.69 Å². The number of hydrogen-bond donors (Lipinski definition) is 1. The van der Waals surface area contributed by atoms with Gasteiger partial charge in [0.15, 0.2) is 12.4 Å². The molecule has 116 valence electrons. The van der Waals surface area contributed by atoms with Crippen LogP contribution in [-0.4, -0.2) is 5.91 Å². The fourth-order valence-corrected chi connectivity index (χ4v) is 2.91. The van der Waals surface area contributed by atoms with Crippen molar-refractivity contribution < 1.29 is 9.36 Å². The molecule has 3 heteroatoms. The highest BCUT2D eigenvalue weighted by Crippen LogP contribution is 2.18. The highest BCUT2D eigenvalue weighted by molar-refractivity contribution is 5.93. The van der Waals surface area contributed by atoms with Crippen molar-refractivity contribution in [2.24, 2.45) is 0 Å². The normalized spacial score (nSPS) is 10.8. The molecule has 24 heavy (non-hydrogen) atoms. The van der Waals surface area contributed by atoms with Crippen LogP contribution >= 0.6 is 0 Å². The lowest BCUT2D eigenvalue weighted by atomic mass is 10.1. The third-order valence-corrected chi connectivity index (χ3v) is 4.11. The lowest BCUT2D eigenvalue weighted by Crippen LogP contribution is -2.39. The highest BCUT2D eigenvalue weighted by atomic mass is 16.1. The Morgan fingerprint density at radius 2 is 1.46 bits per heavy atom. The number of benzene rings is 3. The Kier molecular flexibility index (Phi) is 3.67. The van der Waals surface area contributed by atoms with Crippen LogP contribution in [0.25, 0.3) is 21.5 Å². The monoisotopic (exact) mass is 313 g/mol. The Morgan fingerprint density at radius 3 is 2.25 bits per heavy atom. The third-order valence-electron chi connectivity index (χ3n) is 4.11. The van der Waals surface area contributed by atoms with E-state index in [9.17, 15) is 4.79 Å². The van der Waals surface area contributed by atoms with Crippen LogP contribution in [0.2, 0.25) is 0 Å². The van der Waals surface area contributed by atoms with Crippen molar-refractivity contribution in [3.63, 3.8) is 0 Å². The molecule has 0 saturated heterocycles. The van der Waals surface area contributed by atoms with E-state index in [-0.39, 0.29) is 12.5 Å². The van der Waals surface area contributed by atoms with Crippen LogP contribution in [-0.2, 0) is 11.3 Å². The second-order valence-corrected chi connectivity index (χ2v) is 5.86. The van der Waals surface area contributed by atoms with Crippen molar-refractivity contribution in [1.82, 2.24) is 0 Å². The Morgan fingerprint density at radius 1 is 0.792 bits per heavy atom. The predicted molar refractivity (Wildman–Crippen MR) is 96.7 cm³/mol. The van der Waals surface area contributed by atoms with Crippen LogP contribution < -0.4 is 9.88 Å². The second-order valence-electron chi connectivity index (χ2n) is 5.86. The SMILES string of the molecule is O=C(C[n+]1ccc2ccccc2c1)Nc1ccc2ccccc2c1. The predicted octanol–water partition coefficient (Wildman–Crippen LogP) is 3.92. The molecule has 1 heterocycles. The zero-order valence-electron chi connectivity index (χ0n) is 13.1. The molecule has 3 nitrogen and oxygen atoms in total. The first-order valence-corrected chi connectivity index (χ1v) is 7.94. The van der Waals surface area contributed by atoms with E-state index in [4.69, 9.17) is 0 Å². The molecule has 4 rings (SSSR count). The molecule has 0 aliphatic heterocycles. The first-order valence-electron chi connectivity index (χ1n) is 7.94. The second kappa shape index (κ2) is 6.13. The number of carbonyl (C=O) groups excluding carboxylic acids is 1. The molecular weight excluding hydrogens is 296 g/mol. The summed E-state index contributed by atoms with van der Waals surface area (Å²) in [6.07, 6.45) is 3.93. The summed E-state index contributed by atoms with van der Waals surface area (Å²) in [5, 5.41) is 7.55. The molecule has 0 aliphatic carbocycles. The van der Waals surface area contributed by atoms with Gasteiger partial charge in [0, 0.05) is 17.1 Å². The molecule has 0 fully saturated rings. The number of anilines is 1. The molecule has 1 aromatic heterocycles. The van der Waals surface area contributed by atoms with Gasteiger partial charge >= 0.3 is 0 Å². The van der Waals surface area contributed by atoms with Gasteiger partial charge in [-0.3, -0.25) is 4.79 Å². The lowest BCUT2D eigenvalue weighted by molar-refractivity contribution is -0.682. The van der Waals surface area contributed by atoms with Gasteiger partial charge in [0.1, 0.15) is 0 Å². The van der Waals surface area contributed by atoms with Gasteiger partial charge in [0.2, 0.25) is 6.54 Å². The Balaban J connectivity index is 1.52. The fourth-order valence-electron chi connectivity index (χ4n) is 2.91. The standard InChI is InChI=1S/C21H16N2O/c24-21(15-23-12-11-17-6-2-4-8-19(17)14-23)22-20-10-9-16-5-1-3-7-18(16)13-20/h1-14H,15H2/p+1. The minimum absolute atomic E-state index is 0.0365. The summed E-state index contributed by atoms with van der Waals surface area (Å²) in [5.41, 5.74) is 0.820. The summed E-state index contributed by atoms with van der Waals surface area (Å²) in [4.78, 5) is 12.3. The van der Waals surface area contributed by atoms with Gasteiger partial charge < -0.3 is 5.32 Å². The van der Waals surface area contributed by atoms with Crippen molar-refractivity contribution in [3.8, 4) is 0 Å². The maximum atomic E-state index is 12.3. The Bertz CT molecular complexity index is 957. The topological polar surface area (TPSA) is 33.0 Å². The van der Waals surface area contributed by atoms with Crippen molar-refractivity contribution in [1.29, 1.82) is 0 Å². The van der Waals surface area contributed by atoms with E-state index < -0.39 is 0 Å². The maximum absolute atomic E-state index is 12.3. The Hall–Kier alpha value is -3.20. The van der Waals surface area contributed by atoms with E-state index in [1.165, 1.54) is 10.8 Å². The molecule has 1 N–H and O–H groups in total. The first kappa shape index (κ1) is 14.4. The number of aromatic nitrogens is 1. The minimum atomic E-state index is -0.0365. The average Bonchev–Trinajstić information content (AvgIpc) is 2.61. The molecule has 3 aromatic carbocycles. The van der Waals surface area contributed by atoms with Crippen LogP contribution in [0.5, 0.6) is 0 Å². The first-order chi connectivity index (χ1) is 11.8. The van der Waals surface area contributed by atoms with Gasteiger partial charge in [0.05, 0.1) is 0 Å². The molecule has 0 aliphatic rings. The number of rotatable bonds is 3. The molecule has 0 bridgehead atoms. The van der Waals surface area contributed by atoms with E-state index in [0.717, 1.165) is 16.5 Å². The molecule has 0 saturated carbocycles. The van der Waals surface area contributed by atoms with E-state index >= 15 is 0 Å². The van der Waals surface area contributed by atoms with E-state index in [1.54, 1.807) is 0 Å². The summed E-state index contributed by atoms with van der Waals surface area (Å²) >= 11 is 0. The van der Waals surface area contributed by atoms with E-state index in [0.29, 0.717) is 0 Å². The number of carbonyl (C=O) groups is 1. The number of amides is 1. The molecular formula is C21H17N2O+. The number of nitrogens with zero attached hydrogens (tertiary/aromatic N) is 1. The zero-order valence-corrected chi connectivity index (χ0v) is 13.1. The molecule has 0 unspecified atom stereocenters. The van der Waals surface area contributed by atoms with E-state index in [2.05, 4.69) is 17.4 Å². The smallest absolute Gasteiger partial charge is 0.290 e. The maximum Gasteiger partial charge on any atom is 0.290 e. The number of pyridine rings is 1. The molecule has 0 radical (unpaired) electrons. The van der Waals surface area contributed by atoms with Crippen LogP contribution in [0, 0.1) is 0 Å². The zero-order chi connectivity index (χ0) is 16.4. The molecule has 1 amide bonds. The van der Waals surface area contributed by atoms with Crippen molar-refractivity contribution in [2.75, 3.05) is 5.32 Å². The minimum Gasteiger partial charge on any atom is -0.321 e. The highest BCUT2D eigenvalue weighted by Gasteiger charge is 2.10. The largest absolute Gasteiger partial charge is 0.321 e. The van der Waals surface area contributed by atoms with Crippen molar-refractivity contribution in [2.45, 2.75) is 6.54 Å². The van der Waals surface area contributed by atoms with Gasteiger partial charge in [-0.1, -0.05) is 48.5 Å². The van der Waals surface area contributed by atoms with Crippen LogP contribution in [0.3, 0.4) is 0 Å². The third kappa shape index (κ3) is 2.97. The number of nitrogens with one attached hydrogen (secondary N) is 1. The van der Waals surface area contributed by atoms with Crippen LogP contribution in [0.15, 0.2) is 85.2 Å². The molecule has 0 atom stereocenters. The summed E-state index contributed by atoms with van der Waals surface area (Å²) in [6.45, 7) is 0.289. The molecule has 0 spiro atoms. The van der Waals surface area contributed by atoms with Gasteiger partial charge in [-0.25, -0.2) is 0 Å². The van der Waals surface area contributed by atoms with Gasteiger partial charge in [-0.15, -0.1) is 0 Å². The van der Waals surface area contributed by atoms with Crippen LogP contribution in [0.1, 0.15) is 0 Å². The lowest BCUT2D eigenvalue weighted by Gasteiger charge is -2.05. The summed E-state index contributed by atoms with van der Waals surface area (Å²) in [7, 11) is 0. The average molecular weight is 313 g/mol.